The third kappa shape index (κ3) is 7.35. The second-order valence-corrected chi connectivity index (χ2v) is 17.3. The fraction of sp³-hybridized carbons (Fsp3) is 0.0154. The number of nitrogens with zero attached hydrogens (tertiary/aromatic N) is 1. The Morgan fingerprint density at radius 1 is 0.313 bits per heavy atom. The zero-order chi connectivity index (χ0) is 44.7. The van der Waals surface area contributed by atoms with Crippen molar-refractivity contribution in [1.29, 1.82) is 0 Å². The molecule has 0 unspecified atom stereocenters. The lowest BCUT2D eigenvalue weighted by Crippen LogP contribution is -2.10. The monoisotopic (exact) mass is 855 g/mol. The second-order valence-electron chi connectivity index (χ2n) is 17.3. The first-order valence-corrected chi connectivity index (χ1v) is 23.0. The van der Waals surface area contributed by atoms with Gasteiger partial charge in [-0.05, 0) is 121 Å². The Kier molecular flexibility index (Phi) is 10.1. The van der Waals surface area contributed by atoms with Crippen molar-refractivity contribution < 1.29 is 4.42 Å². The number of anilines is 3. The van der Waals surface area contributed by atoms with Crippen molar-refractivity contribution in [3.05, 3.63) is 260 Å². The van der Waals surface area contributed by atoms with Crippen LogP contribution in [0.4, 0.5) is 17.1 Å². The van der Waals surface area contributed by atoms with Crippen LogP contribution in [0.25, 0.3) is 99.5 Å². The minimum Gasteiger partial charge on any atom is -0.455 e. The standard InChI is InChI=1S/C65H45NO/c1-44-15-13-20-51(43-44)58-41-42-62(64-61-26-11-12-28-63(61)67-65(58)64)66(52-37-33-46(34-38-52)45-29-31-49(32-30-45)55-27-14-19-48-18-5-6-21-54(48)55)53-39-35-50(36-40-53)57-23-8-10-25-60(57)59-24-9-7-22-56(59)47-16-3-2-4-17-47/h2-43H,1H3. The van der Waals surface area contributed by atoms with E-state index >= 15 is 0 Å². The molecule has 0 spiro atoms. The molecular weight excluding hydrogens is 811 g/mol. The smallest absolute Gasteiger partial charge is 0.145 e. The maximum Gasteiger partial charge on any atom is 0.145 e. The van der Waals surface area contributed by atoms with Gasteiger partial charge in [0.1, 0.15) is 11.2 Å². The topological polar surface area (TPSA) is 16.4 Å². The van der Waals surface area contributed by atoms with E-state index < -0.39 is 0 Å². The van der Waals surface area contributed by atoms with Crippen LogP contribution in [0.15, 0.2) is 259 Å². The highest BCUT2D eigenvalue weighted by Crippen LogP contribution is 2.47. The Balaban J connectivity index is 0.978. The molecule has 0 aliphatic heterocycles. The summed E-state index contributed by atoms with van der Waals surface area (Å²) in [5.74, 6) is 0. The highest BCUT2D eigenvalue weighted by atomic mass is 16.3. The maximum atomic E-state index is 6.83. The summed E-state index contributed by atoms with van der Waals surface area (Å²) in [6.45, 7) is 2.14. The van der Waals surface area contributed by atoms with E-state index in [0.29, 0.717) is 0 Å². The molecule has 12 rings (SSSR count). The van der Waals surface area contributed by atoms with Crippen LogP contribution in [0.5, 0.6) is 0 Å². The van der Waals surface area contributed by atoms with E-state index in [0.717, 1.165) is 61.3 Å². The van der Waals surface area contributed by atoms with Crippen LogP contribution in [0.3, 0.4) is 0 Å². The highest BCUT2D eigenvalue weighted by molar-refractivity contribution is 6.17. The largest absolute Gasteiger partial charge is 0.455 e. The van der Waals surface area contributed by atoms with Crippen LogP contribution in [-0.4, -0.2) is 0 Å². The number of aryl methyl sites for hydroxylation is 1. The molecule has 0 N–H and O–H groups in total. The van der Waals surface area contributed by atoms with Crippen LogP contribution in [0, 0.1) is 6.92 Å². The fourth-order valence-corrected chi connectivity index (χ4v) is 9.93. The summed E-state index contributed by atoms with van der Waals surface area (Å²) in [4.78, 5) is 2.39. The van der Waals surface area contributed by atoms with E-state index in [9.17, 15) is 0 Å². The number of hydrogen-bond acceptors (Lipinski definition) is 2. The SMILES string of the molecule is Cc1cccc(-c2ccc(N(c3ccc(-c4ccc(-c5cccc6ccccc56)cc4)cc3)c3ccc(-c4ccccc4-c4ccccc4-c4ccccc4)cc3)c3c2oc2ccccc23)c1. The first kappa shape index (κ1) is 39.8. The van der Waals surface area contributed by atoms with Crippen LogP contribution in [-0.2, 0) is 0 Å². The lowest BCUT2D eigenvalue weighted by atomic mass is 9.89. The van der Waals surface area contributed by atoms with E-state index in [-0.39, 0.29) is 0 Å². The molecule has 1 heterocycles. The van der Waals surface area contributed by atoms with E-state index in [1.165, 1.54) is 60.8 Å². The number of hydrogen-bond donors (Lipinski definition) is 0. The van der Waals surface area contributed by atoms with Crippen LogP contribution in [0.1, 0.15) is 5.56 Å². The Morgan fingerprint density at radius 2 is 0.791 bits per heavy atom. The van der Waals surface area contributed by atoms with E-state index in [1.54, 1.807) is 0 Å². The van der Waals surface area contributed by atoms with Crippen LogP contribution < -0.4 is 4.90 Å². The van der Waals surface area contributed by atoms with Gasteiger partial charge in [-0.1, -0.05) is 218 Å². The molecule has 1 aromatic heterocycles. The molecule has 11 aromatic carbocycles. The lowest BCUT2D eigenvalue weighted by molar-refractivity contribution is 0.670. The van der Waals surface area contributed by atoms with Crippen molar-refractivity contribution in [2.75, 3.05) is 4.90 Å². The van der Waals surface area contributed by atoms with Crippen molar-refractivity contribution in [3.63, 3.8) is 0 Å². The zero-order valence-electron chi connectivity index (χ0n) is 37.1. The van der Waals surface area contributed by atoms with Crippen molar-refractivity contribution >= 4 is 49.8 Å². The molecular formula is C65H45NO. The van der Waals surface area contributed by atoms with Gasteiger partial charge in [-0.25, -0.2) is 0 Å². The second kappa shape index (κ2) is 17.0. The number of benzene rings is 11. The number of rotatable bonds is 9. The summed E-state index contributed by atoms with van der Waals surface area (Å²) in [5, 5.41) is 4.67. The number of fused-ring (bicyclic) bond motifs is 4. The summed E-state index contributed by atoms with van der Waals surface area (Å²) in [6.07, 6.45) is 0. The van der Waals surface area contributed by atoms with Gasteiger partial charge < -0.3 is 9.32 Å². The van der Waals surface area contributed by atoms with Gasteiger partial charge in [0.05, 0.1) is 11.1 Å². The van der Waals surface area contributed by atoms with Gasteiger partial charge in [0, 0.05) is 22.3 Å². The van der Waals surface area contributed by atoms with Crippen LogP contribution >= 0.6 is 0 Å². The predicted molar refractivity (Wildman–Crippen MR) is 283 cm³/mol. The average Bonchev–Trinajstić information content (AvgIpc) is 3.79. The highest BCUT2D eigenvalue weighted by Gasteiger charge is 2.23. The van der Waals surface area contributed by atoms with Crippen molar-refractivity contribution in [2.24, 2.45) is 0 Å². The van der Waals surface area contributed by atoms with Gasteiger partial charge >= 0.3 is 0 Å². The first-order valence-electron chi connectivity index (χ1n) is 23.0. The molecule has 0 radical (unpaired) electrons. The van der Waals surface area contributed by atoms with Gasteiger partial charge in [-0.2, -0.15) is 0 Å². The Morgan fingerprint density at radius 3 is 1.48 bits per heavy atom. The number of furan rings is 1. The molecule has 2 nitrogen and oxygen atoms in total. The third-order valence-corrected chi connectivity index (χ3v) is 13.2. The van der Waals surface area contributed by atoms with E-state index in [4.69, 9.17) is 4.42 Å². The van der Waals surface area contributed by atoms with Gasteiger partial charge in [0.2, 0.25) is 0 Å². The molecule has 0 bridgehead atoms. The fourth-order valence-electron chi connectivity index (χ4n) is 9.93. The molecule has 0 amide bonds. The van der Waals surface area contributed by atoms with Crippen LogP contribution in [0.2, 0.25) is 0 Å². The summed E-state index contributed by atoms with van der Waals surface area (Å²) < 4.78 is 6.83. The quantitative estimate of drug-likeness (QED) is 0.144. The summed E-state index contributed by atoms with van der Waals surface area (Å²) in [7, 11) is 0. The molecule has 0 saturated heterocycles. The maximum absolute atomic E-state index is 6.83. The van der Waals surface area contributed by atoms with E-state index in [1.807, 2.05) is 0 Å². The number of para-hydroxylation sites is 1. The average molecular weight is 856 g/mol. The van der Waals surface area contributed by atoms with Gasteiger partial charge in [-0.15, -0.1) is 0 Å². The molecule has 0 atom stereocenters. The molecule has 0 saturated carbocycles. The van der Waals surface area contributed by atoms with Crippen molar-refractivity contribution in [3.8, 4) is 66.8 Å². The minimum absolute atomic E-state index is 0.865. The summed E-state index contributed by atoms with van der Waals surface area (Å²) in [5.41, 5.74) is 20.3. The summed E-state index contributed by atoms with van der Waals surface area (Å²) in [6, 6.07) is 91.9. The molecule has 12 aromatic rings. The molecule has 0 fully saturated rings. The lowest BCUT2D eigenvalue weighted by Gasteiger charge is -2.27. The first-order chi connectivity index (χ1) is 33.1. The van der Waals surface area contributed by atoms with Crippen molar-refractivity contribution in [1.82, 2.24) is 0 Å². The summed E-state index contributed by atoms with van der Waals surface area (Å²) >= 11 is 0. The van der Waals surface area contributed by atoms with Gasteiger partial charge in [-0.3, -0.25) is 0 Å². The Hall–Kier alpha value is -8.72. The molecule has 2 heteroatoms. The third-order valence-electron chi connectivity index (χ3n) is 13.2. The van der Waals surface area contributed by atoms with Gasteiger partial charge in [0.15, 0.2) is 0 Å². The van der Waals surface area contributed by atoms with Gasteiger partial charge in [0.25, 0.3) is 0 Å². The molecule has 67 heavy (non-hydrogen) atoms. The zero-order valence-corrected chi connectivity index (χ0v) is 37.1. The van der Waals surface area contributed by atoms with Crippen molar-refractivity contribution in [2.45, 2.75) is 6.92 Å². The molecule has 316 valence electrons. The minimum atomic E-state index is 0.865. The van der Waals surface area contributed by atoms with E-state index in [2.05, 4.69) is 267 Å². The molecule has 0 aliphatic carbocycles. The Bertz CT molecular complexity index is 3730. The molecule has 0 aliphatic rings. The Labute approximate surface area is 391 Å². The predicted octanol–water partition coefficient (Wildman–Crippen LogP) is 18.5. The normalized spacial score (nSPS) is 11.4.